The number of ether oxygens (including phenoxy) is 1. The van der Waals surface area contributed by atoms with Gasteiger partial charge < -0.3 is 10.5 Å². The van der Waals surface area contributed by atoms with E-state index in [9.17, 15) is 0 Å². The molecule has 1 atom stereocenters. The fourth-order valence-electron chi connectivity index (χ4n) is 1.52. The van der Waals surface area contributed by atoms with Crippen LogP contribution in [0.15, 0.2) is 40.2 Å². The van der Waals surface area contributed by atoms with Crippen LogP contribution in [0.4, 0.5) is 0 Å². The Balaban J connectivity index is 2.05. The Hall–Kier alpha value is -0.840. The highest BCUT2D eigenvalue weighted by atomic mass is 79.9. The molecule has 17 heavy (non-hydrogen) atoms. The number of hydrogen-bond acceptors (Lipinski definition) is 3. The molecule has 90 valence electrons. The Morgan fingerprint density at radius 3 is 2.82 bits per heavy atom. The Kier molecular flexibility index (Phi) is 4.20. The largest absolute Gasteiger partial charge is 0.488 e. The Labute approximate surface area is 114 Å². The first-order chi connectivity index (χ1) is 8.16. The van der Waals surface area contributed by atoms with Crippen molar-refractivity contribution in [2.24, 2.45) is 5.73 Å². The van der Waals surface area contributed by atoms with Gasteiger partial charge in [0, 0.05) is 15.4 Å². The highest BCUT2D eigenvalue weighted by molar-refractivity contribution is 9.10. The molecule has 0 radical (unpaired) electrons. The van der Waals surface area contributed by atoms with Crippen molar-refractivity contribution in [1.82, 2.24) is 0 Å². The molecule has 0 unspecified atom stereocenters. The van der Waals surface area contributed by atoms with Crippen LogP contribution in [-0.4, -0.2) is 0 Å². The minimum Gasteiger partial charge on any atom is -0.488 e. The smallest absolute Gasteiger partial charge is 0.122 e. The van der Waals surface area contributed by atoms with Crippen LogP contribution < -0.4 is 10.5 Å². The van der Waals surface area contributed by atoms with Gasteiger partial charge in [0.2, 0.25) is 0 Å². The average molecular weight is 312 g/mol. The first-order valence-electron chi connectivity index (χ1n) is 5.37. The summed E-state index contributed by atoms with van der Waals surface area (Å²) in [6.45, 7) is 2.58. The van der Waals surface area contributed by atoms with Crippen molar-refractivity contribution < 1.29 is 4.74 Å². The van der Waals surface area contributed by atoms with Gasteiger partial charge >= 0.3 is 0 Å². The number of halogens is 1. The number of benzene rings is 1. The van der Waals surface area contributed by atoms with Crippen LogP contribution in [0.5, 0.6) is 5.75 Å². The van der Waals surface area contributed by atoms with Gasteiger partial charge in [-0.2, -0.15) is 0 Å². The minimum absolute atomic E-state index is 0.0238. The van der Waals surface area contributed by atoms with Crippen molar-refractivity contribution in [3.63, 3.8) is 0 Å². The summed E-state index contributed by atoms with van der Waals surface area (Å²) in [6, 6.07) is 10.0. The molecule has 2 nitrogen and oxygen atoms in total. The first kappa shape index (κ1) is 12.6. The van der Waals surface area contributed by atoms with Crippen LogP contribution in [-0.2, 0) is 6.61 Å². The molecule has 0 fully saturated rings. The molecule has 4 heteroatoms. The van der Waals surface area contributed by atoms with Crippen LogP contribution in [0.2, 0.25) is 0 Å². The SMILES string of the molecule is C[C@@H](N)c1ccc(OCc2cccs2)cc1Br. The fourth-order valence-corrected chi connectivity index (χ4v) is 2.85. The summed E-state index contributed by atoms with van der Waals surface area (Å²) in [5.74, 6) is 0.856. The number of hydrogen-bond donors (Lipinski definition) is 1. The third kappa shape index (κ3) is 3.31. The summed E-state index contributed by atoms with van der Waals surface area (Å²) in [5, 5.41) is 2.05. The number of nitrogens with two attached hydrogens (primary N) is 1. The molecule has 2 rings (SSSR count). The average Bonchev–Trinajstić information content (AvgIpc) is 2.78. The molecule has 1 aromatic heterocycles. The molecule has 0 saturated heterocycles. The van der Waals surface area contributed by atoms with E-state index in [4.69, 9.17) is 10.5 Å². The molecule has 2 aromatic rings. The molecule has 0 spiro atoms. The van der Waals surface area contributed by atoms with E-state index in [-0.39, 0.29) is 6.04 Å². The lowest BCUT2D eigenvalue weighted by atomic mass is 10.1. The summed E-state index contributed by atoms with van der Waals surface area (Å²) in [6.07, 6.45) is 0. The lowest BCUT2D eigenvalue weighted by Gasteiger charge is -2.11. The summed E-state index contributed by atoms with van der Waals surface area (Å²) in [5.41, 5.74) is 6.94. The van der Waals surface area contributed by atoms with Crippen LogP contribution >= 0.6 is 27.3 Å². The van der Waals surface area contributed by atoms with Crippen molar-refractivity contribution in [1.29, 1.82) is 0 Å². The van der Waals surface area contributed by atoms with Crippen molar-refractivity contribution in [3.05, 3.63) is 50.6 Å². The lowest BCUT2D eigenvalue weighted by Crippen LogP contribution is -2.05. The minimum atomic E-state index is 0.0238. The van der Waals surface area contributed by atoms with E-state index in [1.165, 1.54) is 4.88 Å². The molecule has 0 saturated carbocycles. The molecule has 2 N–H and O–H groups in total. The zero-order valence-corrected chi connectivity index (χ0v) is 11.9. The molecule has 0 bridgehead atoms. The molecule has 1 heterocycles. The van der Waals surface area contributed by atoms with E-state index in [2.05, 4.69) is 22.0 Å². The lowest BCUT2D eigenvalue weighted by molar-refractivity contribution is 0.309. The van der Waals surface area contributed by atoms with E-state index in [1.54, 1.807) is 11.3 Å². The molecule has 0 aliphatic heterocycles. The van der Waals surface area contributed by atoms with Crippen molar-refractivity contribution in [2.45, 2.75) is 19.6 Å². The molecular weight excluding hydrogens is 298 g/mol. The van der Waals surface area contributed by atoms with Gasteiger partial charge in [0.1, 0.15) is 12.4 Å². The normalized spacial score (nSPS) is 12.4. The summed E-state index contributed by atoms with van der Waals surface area (Å²) < 4.78 is 6.70. The van der Waals surface area contributed by atoms with Gasteiger partial charge in [-0.15, -0.1) is 11.3 Å². The van der Waals surface area contributed by atoms with E-state index >= 15 is 0 Å². The Morgan fingerprint density at radius 1 is 1.41 bits per heavy atom. The first-order valence-corrected chi connectivity index (χ1v) is 7.04. The van der Waals surface area contributed by atoms with Gasteiger partial charge in [-0.05, 0) is 36.1 Å². The van der Waals surface area contributed by atoms with Gasteiger partial charge in [-0.3, -0.25) is 0 Å². The highest BCUT2D eigenvalue weighted by Gasteiger charge is 2.06. The molecule has 1 aromatic carbocycles. The molecule has 0 aliphatic carbocycles. The van der Waals surface area contributed by atoms with Crippen LogP contribution in [0.3, 0.4) is 0 Å². The van der Waals surface area contributed by atoms with Crippen LogP contribution in [0.25, 0.3) is 0 Å². The summed E-state index contributed by atoms with van der Waals surface area (Å²) in [7, 11) is 0. The Bertz CT molecular complexity index is 482. The molecule has 0 aliphatic rings. The summed E-state index contributed by atoms with van der Waals surface area (Å²) in [4.78, 5) is 1.22. The predicted molar refractivity (Wildman–Crippen MR) is 75.4 cm³/mol. The highest BCUT2D eigenvalue weighted by Crippen LogP contribution is 2.27. The van der Waals surface area contributed by atoms with Crippen LogP contribution in [0.1, 0.15) is 23.4 Å². The van der Waals surface area contributed by atoms with E-state index < -0.39 is 0 Å². The fraction of sp³-hybridized carbons (Fsp3) is 0.231. The van der Waals surface area contributed by atoms with Gasteiger partial charge in [0.15, 0.2) is 0 Å². The quantitative estimate of drug-likeness (QED) is 0.922. The van der Waals surface area contributed by atoms with Crippen molar-refractivity contribution in [2.75, 3.05) is 0 Å². The third-order valence-corrected chi connectivity index (χ3v) is 3.96. The second-order valence-electron chi connectivity index (χ2n) is 3.84. The van der Waals surface area contributed by atoms with E-state index in [1.807, 2.05) is 36.6 Å². The van der Waals surface area contributed by atoms with Crippen LogP contribution in [0, 0.1) is 0 Å². The maximum absolute atomic E-state index is 5.85. The third-order valence-electron chi connectivity index (χ3n) is 2.42. The van der Waals surface area contributed by atoms with Gasteiger partial charge in [-0.1, -0.05) is 28.1 Å². The number of thiophene rings is 1. The monoisotopic (exact) mass is 311 g/mol. The van der Waals surface area contributed by atoms with E-state index in [0.29, 0.717) is 6.61 Å². The van der Waals surface area contributed by atoms with Crippen molar-refractivity contribution >= 4 is 27.3 Å². The Morgan fingerprint density at radius 2 is 2.24 bits per heavy atom. The maximum atomic E-state index is 5.85. The van der Waals surface area contributed by atoms with Crippen molar-refractivity contribution in [3.8, 4) is 5.75 Å². The van der Waals surface area contributed by atoms with Gasteiger partial charge in [-0.25, -0.2) is 0 Å². The second kappa shape index (κ2) is 5.67. The van der Waals surface area contributed by atoms with Gasteiger partial charge in [0.05, 0.1) is 0 Å². The molecular formula is C13H14BrNOS. The predicted octanol–water partition coefficient (Wildman–Crippen LogP) is 4.11. The topological polar surface area (TPSA) is 35.2 Å². The molecule has 0 amide bonds. The maximum Gasteiger partial charge on any atom is 0.122 e. The second-order valence-corrected chi connectivity index (χ2v) is 5.73. The number of rotatable bonds is 4. The zero-order valence-electron chi connectivity index (χ0n) is 9.52. The zero-order chi connectivity index (χ0) is 12.3. The van der Waals surface area contributed by atoms with E-state index in [0.717, 1.165) is 15.8 Å². The standard InChI is InChI=1S/C13H14BrNOS/c1-9(15)12-5-4-10(7-13(12)14)16-8-11-3-2-6-17-11/h2-7,9H,8,15H2,1H3/t9-/m1/s1. The van der Waals surface area contributed by atoms with Gasteiger partial charge in [0.25, 0.3) is 0 Å². The summed E-state index contributed by atoms with van der Waals surface area (Å²) >= 11 is 5.21.